The quantitative estimate of drug-likeness (QED) is 0.118. The van der Waals surface area contributed by atoms with Crippen LogP contribution in [0.15, 0.2) is 100 Å². The number of fused-ring (bicyclic) bond motifs is 1. The van der Waals surface area contributed by atoms with Crippen molar-refractivity contribution in [3.8, 4) is 5.75 Å². The molecule has 0 unspecified atom stereocenters. The van der Waals surface area contributed by atoms with Crippen molar-refractivity contribution >= 4 is 50.9 Å². The van der Waals surface area contributed by atoms with Crippen LogP contribution in [0.4, 0.5) is 0 Å². The van der Waals surface area contributed by atoms with E-state index >= 15 is 0 Å². The summed E-state index contributed by atoms with van der Waals surface area (Å²) in [5, 5.41) is 9.92. The molecule has 7 nitrogen and oxygen atoms in total. The number of rotatable bonds is 11. The number of halogens is 3. The number of ether oxygens (including phenoxy) is 2. The van der Waals surface area contributed by atoms with E-state index in [4.69, 9.17) is 42.8 Å². The number of nitrogens with zero attached hydrogens (tertiary/aromatic N) is 1. The van der Waals surface area contributed by atoms with Crippen LogP contribution in [0.3, 0.4) is 0 Å². The lowest BCUT2D eigenvalue weighted by Gasteiger charge is -2.32. The van der Waals surface area contributed by atoms with E-state index in [0.717, 1.165) is 22.9 Å². The van der Waals surface area contributed by atoms with Gasteiger partial charge in [0.1, 0.15) is 5.75 Å². The van der Waals surface area contributed by atoms with Gasteiger partial charge in [-0.15, -0.1) is 0 Å². The summed E-state index contributed by atoms with van der Waals surface area (Å²) >= 11 is 16.7. The Hall–Kier alpha value is -3.40. The van der Waals surface area contributed by atoms with Gasteiger partial charge in [-0.3, -0.25) is 10.2 Å². The van der Waals surface area contributed by atoms with Gasteiger partial charge in [0.15, 0.2) is 11.6 Å². The fourth-order valence-corrected chi connectivity index (χ4v) is 6.77. The van der Waals surface area contributed by atoms with Gasteiger partial charge in [-0.05, 0) is 72.0 Å². The molecule has 0 radical (unpaired) electrons. The Labute approximate surface area is 280 Å². The molecular weight excluding hydrogens is 677 g/mol. The molecule has 0 saturated heterocycles. The molecule has 6 rings (SSSR count). The Morgan fingerprint density at radius 3 is 2.40 bits per heavy atom. The molecule has 232 valence electrons. The predicted octanol–water partition coefficient (Wildman–Crippen LogP) is 6.80. The van der Waals surface area contributed by atoms with Crippen LogP contribution in [-0.2, 0) is 28.8 Å². The second kappa shape index (κ2) is 13.9. The third-order valence-electron chi connectivity index (χ3n) is 8.13. The first-order valence-corrected chi connectivity index (χ1v) is 16.3. The van der Waals surface area contributed by atoms with Crippen LogP contribution in [0.2, 0.25) is 10.0 Å². The van der Waals surface area contributed by atoms with Gasteiger partial charge >= 0.3 is 0 Å². The number of carbonyl (C=O) groups is 1. The molecule has 1 amide bonds. The zero-order valence-corrected chi connectivity index (χ0v) is 27.4. The predicted molar refractivity (Wildman–Crippen MR) is 180 cm³/mol. The highest BCUT2D eigenvalue weighted by atomic mass is 79.9. The molecule has 0 bridgehead atoms. The second-order valence-electron chi connectivity index (χ2n) is 11.2. The van der Waals surface area contributed by atoms with E-state index in [0.29, 0.717) is 45.8 Å². The number of amides is 1. The van der Waals surface area contributed by atoms with E-state index in [1.807, 2.05) is 60.7 Å². The summed E-state index contributed by atoms with van der Waals surface area (Å²) in [5.41, 5.74) is 9.57. The van der Waals surface area contributed by atoms with E-state index in [2.05, 4.69) is 38.9 Å². The smallest absolute Gasteiger partial charge is 0.266 e. The lowest BCUT2D eigenvalue weighted by Crippen LogP contribution is -2.56. The van der Waals surface area contributed by atoms with Crippen molar-refractivity contribution < 1.29 is 19.4 Å². The first-order chi connectivity index (χ1) is 21.9. The molecule has 10 heteroatoms. The van der Waals surface area contributed by atoms with Crippen LogP contribution < -0.4 is 15.6 Å². The molecule has 3 N–H and O–H groups in total. The lowest BCUT2D eigenvalue weighted by atomic mass is 9.82. The van der Waals surface area contributed by atoms with Crippen LogP contribution in [0, 0.1) is 0 Å². The number of aliphatic hydroxyl groups is 1. The van der Waals surface area contributed by atoms with Crippen molar-refractivity contribution in [1.29, 1.82) is 0 Å². The van der Waals surface area contributed by atoms with Gasteiger partial charge in [0, 0.05) is 51.1 Å². The number of hydrogen-bond donors (Lipinski definition) is 3. The fourth-order valence-electron chi connectivity index (χ4n) is 5.84. The minimum Gasteiger partial charge on any atom is -0.494 e. The highest BCUT2D eigenvalue weighted by Gasteiger charge is 2.54. The number of carbonyl (C=O) groups excluding carboxylic acids is 1. The molecule has 1 heterocycles. The van der Waals surface area contributed by atoms with Crippen molar-refractivity contribution in [2.24, 2.45) is 4.99 Å². The van der Waals surface area contributed by atoms with Crippen LogP contribution >= 0.6 is 39.1 Å². The first kappa shape index (κ1) is 31.6. The summed E-state index contributed by atoms with van der Waals surface area (Å²) in [6, 6.07) is 28.6. The highest BCUT2D eigenvalue weighted by Crippen LogP contribution is 2.45. The van der Waals surface area contributed by atoms with Crippen LogP contribution in [0.5, 0.6) is 5.75 Å². The fraction of sp³-hybridized carbons (Fsp3) is 0.257. The Bertz CT molecular complexity index is 1690. The largest absolute Gasteiger partial charge is 0.494 e. The molecule has 0 spiro atoms. The Kier molecular flexibility index (Phi) is 9.78. The summed E-state index contributed by atoms with van der Waals surface area (Å²) in [5.74, 6) is 0.620. The zero-order valence-electron chi connectivity index (χ0n) is 24.3. The number of aliphatic hydroxyl groups excluding tert-OH is 1. The zero-order chi connectivity index (χ0) is 31.4. The second-order valence-corrected chi connectivity index (χ2v) is 12.9. The van der Waals surface area contributed by atoms with Gasteiger partial charge < -0.3 is 14.6 Å². The maximum absolute atomic E-state index is 14.6. The number of nitrogens with one attached hydrogen (secondary N) is 2. The number of benzene rings is 4. The Morgan fingerprint density at radius 2 is 1.71 bits per heavy atom. The Balaban J connectivity index is 1.38. The molecule has 4 aromatic rings. The first-order valence-electron chi connectivity index (χ1n) is 14.8. The van der Waals surface area contributed by atoms with Crippen molar-refractivity contribution in [3.05, 3.63) is 133 Å². The van der Waals surface area contributed by atoms with E-state index in [1.54, 1.807) is 18.2 Å². The normalized spacial score (nSPS) is 19.1. The average molecular weight is 709 g/mol. The van der Waals surface area contributed by atoms with Gasteiger partial charge in [-0.25, -0.2) is 10.4 Å². The third-order valence-corrected chi connectivity index (χ3v) is 9.47. The standard InChI is InChI=1S/C35H32BrCl2N3O4/c36-30-9-4-3-8-25(30)21-35(34(43)41-40-27-18-23-6-1-2-7-24(23)19-27)32(29-15-12-26(37)20-31(29)38)45-33(39-35)22-10-13-28(14-11-22)44-17-5-16-42/h1-4,6-15,20,27,32,40,42H,5,16-19,21H2,(H,41,43)/t32-,35-/m0/s1. The third kappa shape index (κ3) is 6.90. The van der Waals surface area contributed by atoms with E-state index < -0.39 is 11.6 Å². The van der Waals surface area contributed by atoms with E-state index in [1.165, 1.54) is 11.1 Å². The molecular formula is C35H32BrCl2N3O4. The minimum atomic E-state index is -1.44. The monoisotopic (exact) mass is 707 g/mol. The van der Waals surface area contributed by atoms with Gasteiger partial charge in [-0.2, -0.15) is 0 Å². The number of hydrogen-bond acceptors (Lipinski definition) is 6. The molecule has 4 aromatic carbocycles. The van der Waals surface area contributed by atoms with Crippen LogP contribution in [0.1, 0.15) is 40.3 Å². The summed E-state index contributed by atoms with van der Waals surface area (Å²) < 4.78 is 13.2. The van der Waals surface area contributed by atoms with Crippen molar-refractivity contribution in [3.63, 3.8) is 0 Å². The molecule has 2 aliphatic rings. The maximum atomic E-state index is 14.6. The lowest BCUT2D eigenvalue weighted by molar-refractivity contribution is -0.130. The maximum Gasteiger partial charge on any atom is 0.266 e. The Morgan fingerprint density at radius 1 is 1.00 bits per heavy atom. The minimum absolute atomic E-state index is 0.0357. The summed E-state index contributed by atoms with van der Waals surface area (Å²) in [7, 11) is 0. The molecule has 0 saturated carbocycles. The van der Waals surface area contributed by atoms with Crippen LogP contribution in [-0.4, -0.2) is 41.7 Å². The topological polar surface area (TPSA) is 92.2 Å². The van der Waals surface area contributed by atoms with E-state index in [9.17, 15) is 4.79 Å². The number of hydrazine groups is 1. The highest BCUT2D eigenvalue weighted by molar-refractivity contribution is 9.10. The molecule has 2 atom stereocenters. The average Bonchev–Trinajstić information content (AvgIpc) is 3.64. The van der Waals surface area contributed by atoms with E-state index in [-0.39, 0.29) is 25.0 Å². The van der Waals surface area contributed by atoms with Crippen LogP contribution in [0.25, 0.3) is 0 Å². The van der Waals surface area contributed by atoms with Gasteiger partial charge in [0.2, 0.25) is 5.90 Å². The van der Waals surface area contributed by atoms with Gasteiger partial charge in [-0.1, -0.05) is 87.7 Å². The van der Waals surface area contributed by atoms with Gasteiger partial charge in [0.05, 0.1) is 6.61 Å². The molecule has 0 aromatic heterocycles. The summed E-state index contributed by atoms with van der Waals surface area (Å²) in [4.78, 5) is 19.7. The summed E-state index contributed by atoms with van der Waals surface area (Å²) in [6.07, 6.45) is 1.50. The SMILES string of the molecule is O=C(NNC1Cc2ccccc2C1)[C@@]1(Cc2ccccc2Br)N=C(c2ccc(OCCCO)cc2)O[C@H]1c1ccc(Cl)cc1Cl. The molecule has 1 aliphatic heterocycles. The molecule has 0 fully saturated rings. The van der Waals surface area contributed by atoms with Crippen molar-refractivity contribution in [2.45, 2.75) is 43.4 Å². The number of aliphatic imine (C=N–C) groups is 1. The van der Waals surface area contributed by atoms with Gasteiger partial charge in [0.25, 0.3) is 5.91 Å². The van der Waals surface area contributed by atoms with Crippen molar-refractivity contribution in [1.82, 2.24) is 10.9 Å². The van der Waals surface area contributed by atoms with Crippen molar-refractivity contribution in [2.75, 3.05) is 13.2 Å². The summed E-state index contributed by atoms with van der Waals surface area (Å²) in [6.45, 7) is 0.459. The molecule has 45 heavy (non-hydrogen) atoms. The molecule has 1 aliphatic carbocycles.